The lowest BCUT2D eigenvalue weighted by molar-refractivity contribution is 0.478. The molecule has 4 nitrogen and oxygen atoms in total. The van der Waals surface area contributed by atoms with Gasteiger partial charge in [-0.15, -0.1) is 0 Å². The summed E-state index contributed by atoms with van der Waals surface area (Å²) in [6.07, 6.45) is 9.49. The van der Waals surface area contributed by atoms with Crippen LogP contribution in [0.2, 0.25) is 0 Å². The van der Waals surface area contributed by atoms with E-state index in [0.29, 0.717) is 23.7 Å². The van der Waals surface area contributed by atoms with Crippen molar-refractivity contribution in [3.05, 3.63) is 245 Å². The van der Waals surface area contributed by atoms with Gasteiger partial charge in [0.15, 0.2) is 5.58 Å². The first kappa shape index (κ1) is 55.5. The van der Waals surface area contributed by atoms with E-state index in [1.54, 1.807) is 0 Å². The maximum Gasteiger partial charge on any atom is 0.159 e. The third-order valence-corrected chi connectivity index (χ3v) is 20.3. The Morgan fingerprint density at radius 1 is 0.364 bits per heavy atom. The largest absolute Gasteiger partial charge is 0.505 e. The minimum absolute atomic E-state index is 0.263. The number of para-hydroxylation sites is 5. The lowest BCUT2D eigenvalue weighted by Crippen LogP contribution is -2.16. The molecule has 88 heavy (non-hydrogen) atoms. The van der Waals surface area contributed by atoms with Gasteiger partial charge in [0, 0.05) is 32.7 Å². The molecular formula is C84H78N2O2. The van der Waals surface area contributed by atoms with Gasteiger partial charge in [-0.1, -0.05) is 223 Å². The first-order valence-corrected chi connectivity index (χ1v) is 32.5. The third kappa shape index (κ3) is 9.07. The van der Waals surface area contributed by atoms with Crippen LogP contribution in [0.1, 0.15) is 147 Å². The molecule has 1 N–H and O–H groups in total. The number of aromatic hydroxyl groups is 1. The quantitative estimate of drug-likeness (QED) is 0.117. The summed E-state index contributed by atoms with van der Waals surface area (Å²) in [4.78, 5) is 5.02. The summed E-state index contributed by atoms with van der Waals surface area (Å²) in [5, 5.41) is 23.3. The molecule has 12 aromatic carbocycles. The van der Waals surface area contributed by atoms with Crippen LogP contribution in [-0.4, -0.2) is 5.11 Å². The number of aryl methyl sites for hydroxylation is 4. The van der Waals surface area contributed by atoms with E-state index in [0.717, 1.165) is 104 Å². The van der Waals surface area contributed by atoms with Gasteiger partial charge in [-0.3, -0.25) is 0 Å². The van der Waals surface area contributed by atoms with Crippen LogP contribution in [0, 0.1) is 27.7 Å². The molecule has 0 amide bonds. The Hall–Kier alpha value is -9.12. The van der Waals surface area contributed by atoms with Gasteiger partial charge < -0.3 is 19.3 Å². The van der Waals surface area contributed by atoms with Gasteiger partial charge in [0.1, 0.15) is 11.3 Å². The molecule has 436 valence electrons. The second-order valence-corrected chi connectivity index (χ2v) is 26.3. The highest BCUT2D eigenvalue weighted by atomic mass is 16.3. The lowest BCUT2D eigenvalue weighted by atomic mass is 9.82. The van der Waals surface area contributed by atoms with Crippen LogP contribution in [-0.2, 0) is 0 Å². The minimum Gasteiger partial charge on any atom is -0.505 e. The Balaban J connectivity index is 1.02. The zero-order valence-electron chi connectivity index (χ0n) is 52.3. The number of hydrogen-bond acceptors (Lipinski definition) is 4. The molecule has 15 rings (SSSR count). The minimum atomic E-state index is 0.263. The summed E-state index contributed by atoms with van der Waals surface area (Å²) in [5.74, 6) is 1.77. The Morgan fingerprint density at radius 2 is 0.773 bits per heavy atom. The van der Waals surface area contributed by atoms with Gasteiger partial charge in [-0.05, 0) is 196 Å². The van der Waals surface area contributed by atoms with Crippen molar-refractivity contribution in [1.82, 2.24) is 0 Å². The fourth-order valence-electron chi connectivity index (χ4n) is 16.1. The highest BCUT2D eigenvalue weighted by Crippen LogP contribution is 2.57. The highest BCUT2D eigenvalue weighted by molar-refractivity contribution is 6.30. The second kappa shape index (κ2) is 22.2. The average Bonchev–Trinajstić information content (AvgIpc) is 0.908. The maximum atomic E-state index is 13.3. The van der Waals surface area contributed by atoms with Gasteiger partial charge in [0.2, 0.25) is 0 Å². The number of nitrogens with zero attached hydrogens (tertiary/aromatic N) is 2. The zero-order chi connectivity index (χ0) is 60.1. The summed E-state index contributed by atoms with van der Waals surface area (Å²) in [6.45, 7) is 18.1. The topological polar surface area (TPSA) is 39.9 Å². The van der Waals surface area contributed by atoms with Crippen molar-refractivity contribution >= 4 is 88.4 Å². The molecule has 2 aliphatic rings. The van der Waals surface area contributed by atoms with Crippen LogP contribution in [0.25, 0.3) is 87.6 Å². The Morgan fingerprint density at radius 3 is 1.33 bits per heavy atom. The molecule has 0 saturated heterocycles. The van der Waals surface area contributed by atoms with E-state index >= 15 is 0 Å². The fraction of sp³-hybridized carbons (Fsp3) is 0.238. The standard InChI is InChI=1S/C84H78N2O2/c1-50(2)60-33-13-15-35-62(60)58-31-19-32-59(47-58)63-37-21-41-74(82(63)87)85(80-52(5)23-17-24-53(80)6)76-48-72(56-27-9-10-28-56)65-44-46-71-77(49-73(57-29-11-12-30-57)66-43-45-70(76)78(65)79(66)71)86(81-54(7)25-18-26-55(81)8)75-42-22-40-69-68-39-20-38-67(83(68)88-84(69)75)64-36-16-14-34-61(64)51(3)4/h13-26,31-51,56-57,87H,9-12,27-30H2,1-8H3. The molecule has 2 fully saturated rings. The molecule has 2 aliphatic carbocycles. The summed E-state index contributed by atoms with van der Waals surface area (Å²) in [5.41, 5.74) is 24.8. The van der Waals surface area contributed by atoms with Crippen LogP contribution in [0.3, 0.4) is 0 Å². The second-order valence-electron chi connectivity index (χ2n) is 26.3. The van der Waals surface area contributed by atoms with Gasteiger partial charge in [-0.25, -0.2) is 0 Å². The SMILES string of the molecule is Cc1cccc(C)c1N(c1cccc(-c2cccc(-c3ccccc3C(C)C)c2)c1O)c1cc(C2CCCC2)c2ccc3c(N(c4c(C)cccc4C)c4cccc5c4oc4c(-c6ccccc6C(C)C)cccc45)cc(C4CCCC4)c4ccc1c2c43. The summed E-state index contributed by atoms with van der Waals surface area (Å²) in [7, 11) is 0. The molecule has 0 spiro atoms. The van der Waals surface area contributed by atoms with Crippen LogP contribution in [0.5, 0.6) is 5.75 Å². The molecule has 0 radical (unpaired) electrons. The van der Waals surface area contributed by atoms with Crippen molar-refractivity contribution in [2.24, 2.45) is 0 Å². The van der Waals surface area contributed by atoms with Crippen LogP contribution >= 0.6 is 0 Å². The average molecular weight is 1150 g/mol. The van der Waals surface area contributed by atoms with E-state index in [-0.39, 0.29) is 5.75 Å². The fourth-order valence-corrected chi connectivity index (χ4v) is 16.1. The molecule has 1 aromatic heterocycles. The van der Waals surface area contributed by atoms with E-state index in [1.165, 1.54) is 114 Å². The van der Waals surface area contributed by atoms with E-state index in [1.807, 2.05) is 0 Å². The summed E-state index contributed by atoms with van der Waals surface area (Å²) >= 11 is 0. The first-order valence-electron chi connectivity index (χ1n) is 32.5. The van der Waals surface area contributed by atoms with Crippen molar-refractivity contribution in [3.63, 3.8) is 0 Å². The molecular weight excluding hydrogens is 1070 g/mol. The van der Waals surface area contributed by atoms with Crippen molar-refractivity contribution < 1.29 is 9.52 Å². The van der Waals surface area contributed by atoms with Crippen molar-refractivity contribution in [3.8, 4) is 39.1 Å². The Kier molecular flexibility index (Phi) is 14.0. The number of phenolic OH excluding ortho intramolecular Hbond substituents is 1. The Bertz CT molecular complexity index is 4810. The summed E-state index contributed by atoms with van der Waals surface area (Å²) < 4.78 is 7.50. The highest BCUT2D eigenvalue weighted by Gasteiger charge is 2.33. The lowest BCUT2D eigenvalue weighted by Gasteiger charge is -2.34. The molecule has 0 aliphatic heterocycles. The predicted molar refractivity (Wildman–Crippen MR) is 374 cm³/mol. The number of rotatable bonds is 13. The predicted octanol–water partition coefficient (Wildman–Crippen LogP) is 24.9. The smallest absolute Gasteiger partial charge is 0.159 e. The van der Waals surface area contributed by atoms with Crippen LogP contribution in [0.4, 0.5) is 34.1 Å². The van der Waals surface area contributed by atoms with E-state index in [2.05, 4.69) is 265 Å². The monoisotopic (exact) mass is 1150 g/mol. The van der Waals surface area contributed by atoms with E-state index in [4.69, 9.17) is 4.42 Å². The normalized spacial score (nSPS) is 14.2. The van der Waals surface area contributed by atoms with Crippen LogP contribution < -0.4 is 9.80 Å². The maximum absolute atomic E-state index is 13.3. The van der Waals surface area contributed by atoms with Gasteiger partial charge >= 0.3 is 0 Å². The van der Waals surface area contributed by atoms with Gasteiger partial charge in [0.25, 0.3) is 0 Å². The van der Waals surface area contributed by atoms with Crippen LogP contribution in [0.15, 0.2) is 205 Å². The molecule has 13 aromatic rings. The first-order chi connectivity index (χ1) is 42.9. The number of fused-ring (bicyclic) bond motifs is 3. The molecule has 0 bridgehead atoms. The number of anilines is 6. The molecule has 1 heterocycles. The molecule has 0 unspecified atom stereocenters. The molecule has 2 saturated carbocycles. The molecule has 0 atom stereocenters. The van der Waals surface area contributed by atoms with Crippen molar-refractivity contribution in [1.29, 1.82) is 0 Å². The van der Waals surface area contributed by atoms with Crippen molar-refractivity contribution in [2.45, 2.75) is 130 Å². The summed E-state index contributed by atoms with van der Waals surface area (Å²) in [6, 6.07) is 74.6. The Labute approximate surface area is 519 Å². The van der Waals surface area contributed by atoms with Gasteiger partial charge in [-0.2, -0.15) is 0 Å². The third-order valence-electron chi connectivity index (χ3n) is 20.3. The number of hydrogen-bond donors (Lipinski definition) is 1. The van der Waals surface area contributed by atoms with E-state index < -0.39 is 0 Å². The number of phenols is 1. The number of benzene rings is 12. The zero-order valence-corrected chi connectivity index (χ0v) is 52.3. The van der Waals surface area contributed by atoms with E-state index in [9.17, 15) is 5.11 Å². The number of furan rings is 1. The molecule has 4 heteroatoms. The van der Waals surface area contributed by atoms with Gasteiger partial charge in [0.05, 0.1) is 34.1 Å². The van der Waals surface area contributed by atoms with Crippen molar-refractivity contribution in [2.75, 3.05) is 9.80 Å².